The molecule has 1 aromatic rings. The molecule has 0 saturated carbocycles. The molecule has 7 nitrogen and oxygen atoms in total. The SMILES string of the molecule is O=C(O)c1cc(S(=O)(=O)N2CCC(O)CC2)c(Br)o1. The quantitative estimate of drug-likeness (QED) is 0.835. The Hall–Kier alpha value is -0.900. The largest absolute Gasteiger partial charge is 0.475 e. The van der Waals surface area contributed by atoms with Gasteiger partial charge in [0.15, 0.2) is 4.67 Å². The van der Waals surface area contributed by atoms with Gasteiger partial charge in [-0.05, 0) is 28.8 Å². The molecule has 2 heterocycles. The molecule has 1 fully saturated rings. The lowest BCUT2D eigenvalue weighted by molar-refractivity contribution is 0.0661. The number of aliphatic hydroxyl groups is 1. The zero-order valence-electron chi connectivity index (χ0n) is 9.74. The van der Waals surface area contributed by atoms with Gasteiger partial charge in [0.05, 0.1) is 6.10 Å². The average molecular weight is 354 g/mol. The Labute approximate surface area is 118 Å². The molecule has 0 aromatic carbocycles. The molecule has 2 rings (SSSR count). The smallest absolute Gasteiger partial charge is 0.371 e. The summed E-state index contributed by atoms with van der Waals surface area (Å²) in [7, 11) is -3.81. The normalized spacial score (nSPS) is 18.6. The van der Waals surface area contributed by atoms with Crippen LogP contribution in [0.15, 0.2) is 20.0 Å². The zero-order valence-corrected chi connectivity index (χ0v) is 12.1. The van der Waals surface area contributed by atoms with Gasteiger partial charge in [0.1, 0.15) is 4.90 Å². The molecule has 2 N–H and O–H groups in total. The lowest BCUT2D eigenvalue weighted by atomic mass is 10.1. The van der Waals surface area contributed by atoms with Crippen molar-refractivity contribution < 1.29 is 27.8 Å². The zero-order chi connectivity index (χ0) is 14.2. The number of sulfonamides is 1. The Balaban J connectivity index is 2.32. The first-order valence-corrected chi connectivity index (χ1v) is 7.76. The molecule has 0 amide bonds. The van der Waals surface area contributed by atoms with Crippen LogP contribution in [0.4, 0.5) is 0 Å². The Kier molecular flexibility index (Phi) is 4.00. The highest BCUT2D eigenvalue weighted by atomic mass is 79.9. The molecule has 1 aliphatic rings. The molecule has 1 aliphatic heterocycles. The topological polar surface area (TPSA) is 108 Å². The molecule has 1 aromatic heterocycles. The van der Waals surface area contributed by atoms with Crippen molar-refractivity contribution in [3.05, 3.63) is 16.5 Å². The second-order valence-electron chi connectivity index (χ2n) is 4.19. The molecular formula is C10H12BrNO6S. The predicted molar refractivity (Wildman–Crippen MR) is 67.4 cm³/mol. The first kappa shape index (κ1) is 14.5. The lowest BCUT2D eigenvalue weighted by Gasteiger charge is -2.28. The van der Waals surface area contributed by atoms with Crippen molar-refractivity contribution >= 4 is 31.9 Å². The Bertz CT molecular complexity index is 587. The number of hydrogen-bond donors (Lipinski definition) is 2. The molecule has 0 atom stereocenters. The van der Waals surface area contributed by atoms with Gasteiger partial charge in [0.25, 0.3) is 0 Å². The van der Waals surface area contributed by atoms with Gasteiger partial charge in [-0.25, -0.2) is 13.2 Å². The standard InChI is InChI=1S/C10H12BrNO6S/c11-9-8(5-7(18-9)10(14)15)19(16,17)12-3-1-6(13)2-4-12/h5-6,13H,1-4H2,(H,14,15). The van der Waals surface area contributed by atoms with E-state index >= 15 is 0 Å². The number of hydrogen-bond acceptors (Lipinski definition) is 5. The minimum absolute atomic E-state index is 0.129. The number of aliphatic hydroxyl groups excluding tert-OH is 1. The summed E-state index contributed by atoms with van der Waals surface area (Å²) in [6, 6.07) is 0.979. The van der Waals surface area contributed by atoms with E-state index in [1.165, 1.54) is 4.31 Å². The minimum Gasteiger partial charge on any atom is -0.475 e. The van der Waals surface area contributed by atoms with Gasteiger partial charge < -0.3 is 14.6 Å². The van der Waals surface area contributed by atoms with Gasteiger partial charge in [0, 0.05) is 19.2 Å². The van der Waals surface area contributed by atoms with Crippen molar-refractivity contribution in [2.24, 2.45) is 0 Å². The summed E-state index contributed by atoms with van der Waals surface area (Å²) >= 11 is 2.91. The first-order chi connectivity index (χ1) is 8.82. The Morgan fingerprint density at radius 2 is 2.00 bits per heavy atom. The maximum atomic E-state index is 12.3. The third-order valence-electron chi connectivity index (χ3n) is 2.91. The Morgan fingerprint density at radius 1 is 1.42 bits per heavy atom. The van der Waals surface area contributed by atoms with E-state index in [9.17, 15) is 18.3 Å². The number of carboxylic acid groups (broad SMARTS) is 1. The van der Waals surface area contributed by atoms with Crippen LogP contribution in [-0.2, 0) is 10.0 Å². The molecule has 0 bridgehead atoms. The van der Waals surface area contributed by atoms with Crippen LogP contribution in [0, 0.1) is 0 Å². The van der Waals surface area contributed by atoms with Crippen LogP contribution in [0.25, 0.3) is 0 Å². The van der Waals surface area contributed by atoms with Crippen LogP contribution < -0.4 is 0 Å². The summed E-state index contributed by atoms with van der Waals surface area (Å²) in [5.41, 5.74) is 0. The third kappa shape index (κ3) is 2.83. The van der Waals surface area contributed by atoms with Gasteiger partial charge >= 0.3 is 5.97 Å². The number of rotatable bonds is 3. The minimum atomic E-state index is -3.81. The van der Waals surface area contributed by atoms with Crippen LogP contribution in [-0.4, -0.2) is 48.1 Å². The monoisotopic (exact) mass is 353 g/mol. The first-order valence-electron chi connectivity index (χ1n) is 5.53. The van der Waals surface area contributed by atoms with E-state index < -0.39 is 27.9 Å². The number of aromatic carboxylic acids is 1. The van der Waals surface area contributed by atoms with Gasteiger partial charge in [-0.1, -0.05) is 0 Å². The molecule has 0 unspecified atom stereocenters. The molecule has 106 valence electrons. The number of nitrogens with zero attached hydrogens (tertiary/aromatic N) is 1. The summed E-state index contributed by atoms with van der Waals surface area (Å²) in [6.45, 7) is 0.396. The molecule has 9 heteroatoms. The highest BCUT2D eigenvalue weighted by Gasteiger charge is 2.33. The summed E-state index contributed by atoms with van der Waals surface area (Å²) in [5.74, 6) is -1.78. The van der Waals surface area contributed by atoms with Crippen LogP contribution in [0.5, 0.6) is 0 Å². The second-order valence-corrected chi connectivity index (χ2v) is 6.82. The van der Waals surface area contributed by atoms with Gasteiger partial charge in [-0.2, -0.15) is 4.31 Å². The van der Waals surface area contributed by atoms with Crippen molar-refractivity contribution in [3.8, 4) is 0 Å². The van der Waals surface area contributed by atoms with Crippen molar-refractivity contribution in [2.45, 2.75) is 23.8 Å². The van der Waals surface area contributed by atoms with E-state index in [1.54, 1.807) is 0 Å². The number of halogens is 1. The maximum Gasteiger partial charge on any atom is 0.371 e. The van der Waals surface area contributed by atoms with Crippen LogP contribution in [0.3, 0.4) is 0 Å². The number of carboxylic acids is 1. The lowest BCUT2D eigenvalue weighted by Crippen LogP contribution is -2.39. The van der Waals surface area contributed by atoms with E-state index in [-0.39, 0.29) is 22.7 Å². The van der Waals surface area contributed by atoms with Crippen LogP contribution in [0.2, 0.25) is 0 Å². The van der Waals surface area contributed by atoms with E-state index in [4.69, 9.17) is 9.52 Å². The molecule has 19 heavy (non-hydrogen) atoms. The summed E-state index contributed by atoms with van der Waals surface area (Å²) in [6.07, 6.45) is 0.231. The molecule has 1 saturated heterocycles. The highest BCUT2D eigenvalue weighted by Crippen LogP contribution is 2.30. The van der Waals surface area contributed by atoms with E-state index in [0.29, 0.717) is 12.8 Å². The fourth-order valence-electron chi connectivity index (χ4n) is 1.85. The second kappa shape index (κ2) is 5.23. The average Bonchev–Trinajstić information content (AvgIpc) is 2.73. The third-order valence-corrected chi connectivity index (χ3v) is 5.66. The summed E-state index contributed by atoms with van der Waals surface area (Å²) in [5, 5.41) is 18.1. The number of carbonyl (C=O) groups is 1. The Morgan fingerprint density at radius 3 is 2.47 bits per heavy atom. The van der Waals surface area contributed by atoms with Crippen molar-refractivity contribution in [2.75, 3.05) is 13.1 Å². The fraction of sp³-hybridized carbons (Fsp3) is 0.500. The molecule has 0 aliphatic carbocycles. The maximum absolute atomic E-state index is 12.3. The number of furan rings is 1. The molecule has 0 spiro atoms. The fourth-order valence-corrected chi connectivity index (χ4v) is 4.23. The van der Waals surface area contributed by atoms with E-state index in [2.05, 4.69) is 15.9 Å². The number of piperidine rings is 1. The summed E-state index contributed by atoms with van der Waals surface area (Å²) in [4.78, 5) is 10.5. The molecular weight excluding hydrogens is 342 g/mol. The highest BCUT2D eigenvalue weighted by molar-refractivity contribution is 9.10. The van der Waals surface area contributed by atoms with Crippen molar-refractivity contribution in [3.63, 3.8) is 0 Å². The van der Waals surface area contributed by atoms with E-state index in [1.807, 2.05) is 0 Å². The summed E-state index contributed by atoms with van der Waals surface area (Å²) < 4.78 is 30.5. The van der Waals surface area contributed by atoms with Crippen molar-refractivity contribution in [1.29, 1.82) is 0 Å². The molecule has 0 radical (unpaired) electrons. The van der Waals surface area contributed by atoms with Gasteiger partial charge in [-0.15, -0.1) is 0 Å². The van der Waals surface area contributed by atoms with Crippen LogP contribution in [0.1, 0.15) is 23.4 Å². The van der Waals surface area contributed by atoms with Gasteiger partial charge in [0.2, 0.25) is 15.8 Å². The predicted octanol–water partition coefficient (Wildman–Crippen LogP) is 0.886. The van der Waals surface area contributed by atoms with Crippen LogP contribution >= 0.6 is 15.9 Å². The van der Waals surface area contributed by atoms with E-state index in [0.717, 1.165) is 6.07 Å². The van der Waals surface area contributed by atoms with Gasteiger partial charge in [-0.3, -0.25) is 0 Å². The van der Waals surface area contributed by atoms with Crippen molar-refractivity contribution in [1.82, 2.24) is 4.31 Å².